The molecule has 0 aliphatic carbocycles. The Labute approximate surface area is 204 Å². The maximum atomic E-state index is 13.2. The van der Waals surface area contributed by atoms with E-state index in [0.29, 0.717) is 12.8 Å². The van der Waals surface area contributed by atoms with E-state index >= 15 is 0 Å². The number of cyclic esters (lactones) is 1. The summed E-state index contributed by atoms with van der Waals surface area (Å²) < 4.78 is 23.8. The quantitative estimate of drug-likeness (QED) is 0.479. The number of hydrogen-bond acceptors (Lipinski definition) is 6. The summed E-state index contributed by atoms with van der Waals surface area (Å²) in [6.07, 6.45) is 7.83. The predicted octanol–water partition coefficient (Wildman–Crippen LogP) is 5.21. The Balaban J connectivity index is 1.90. The molecular weight excluding hydrogens is 432 g/mol. The highest BCUT2D eigenvalue weighted by Crippen LogP contribution is 2.40. The van der Waals surface area contributed by atoms with Gasteiger partial charge in [0, 0.05) is 26.6 Å². The number of rotatable bonds is 3. The molecule has 1 N–H and O–H groups in total. The molecule has 3 rings (SSSR count). The van der Waals surface area contributed by atoms with Crippen LogP contribution in [0.3, 0.4) is 0 Å². The molecule has 6 heteroatoms. The summed E-state index contributed by atoms with van der Waals surface area (Å²) >= 11 is 0. The van der Waals surface area contributed by atoms with Crippen molar-refractivity contribution in [2.24, 2.45) is 17.8 Å². The summed E-state index contributed by atoms with van der Waals surface area (Å²) in [5.41, 5.74) is 0.960. The Kier molecular flexibility index (Phi) is 9.72. The monoisotopic (exact) mass is 474 g/mol. The van der Waals surface area contributed by atoms with Crippen molar-refractivity contribution in [2.75, 3.05) is 14.2 Å². The first-order valence-electron chi connectivity index (χ1n) is 12.7. The zero-order chi connectivity index (χ0) is 24.7. The molecule has 1 aromatic rings. The molecule has 2 aliphatic heterocycles. The van der Waals surface area contributed by atoms with Crippen LogP contribution in [0.15, 0.2) is 42.5 Å². The van der Waals surface area contributed by atoms with Gasteiger partial charge < -0.3 is 24.1 Å². The van der Waals surface area contributed by atoms with Crippen LogP contribution in [0.5, 0.6) is 0 Å². The fourth-order valence-electron chi connectivity index (χ4n) is 5.18. The van der Waals surface area contributed by atoms with Gasteiger partial charge in [0.05, 0.1) is 12.2 Å². The number of carbonyl (C=O) groups excluding carboxylic acids is 1. The van der Waals surface area contributed by atoms with Gasteiger partial charge in [-0.25, -0.2) is 0 Å². The third-order valence-corrected chi connectivity index (χ3v) is 7.59. The highest BCUT2D eigenvalue weighted by Gasteiger charge is 2.47. The van der Waals surface area contributed by atoms with E-state index in [2.05, 4.69) is 26.0 Å². The zero-order valence-corrected chi connectivity index (χ0v) is 21.3. The summed E-state index contributed by atoms with van der Waals surface area (Å²) in [5, 5.41) is 11.4. The molecule has 0 unspecified atom stereocenters. The summed E-state index contributed by atoms with van der Waals surface area (Å²) in [4.78, 5) is 13.2. The molecule has 0 radical (unpaired) electrons. The number of fused-ring (bicyclic) bond motifs is 2. The van der Waals surface area contributed by atoms with E-state index in [9.17, 15) is 9.90 Å². The Bertz CT molecular complexity index is 795. The van der Waals surface area contributed by atoms with Gasteiger partial charge in [0.15, 0.2) is 5.79 Å². The van der Waals surface area contributed by atoms with Crippen LogP contribution in [0.4, 0.5) is 0 Å². The zero-order valence-electron chi connectivity index (χ0n) is 21.3. The van der Waals surface area contributed by atoms with Crippen molar-refractivity contribution in [1.29, 1.82) is 0 Å². The van der Waals surface area contributed by atoms with Gasteiger partial charge in [-0.05, 0) is 44.1 Å². The van der Waals surface area contributed by atoms with E-state index in [-0.39, 0.29) is 36.3 Å². The van der Waals surface area contributed by atoms with Crippen molar-refractivity contribution < 1.29 is 28.8 Å². The van der Waals surface area contributed by atoms with Gasteiger partial charge in [-0.15, -0.1) is 0 Å². The van der Waals surface area contributed by atoms with Gasteiger partial charge in [-0.2, -0.15) is 0 Å². The molecule has 1 aromatic carbocycles. The lowest BCUT2D eigenvalue weighted by Gasteiger charge is -2.45. The number of ether oxygens (including phenoxy) is 4. The van der Waals surface area contributed by atoms with Crippen LogP contribution in [-0.4, -0.2) is 49.4 Å². The number of carbonyl (C=O) groups is 1. The molecule has 2 heterocycles. The second kappa shape index (κ2) is 12.3. The Morgan fingerprint density at radius 1 is 0.971 bits per heavy atom. The Morgan fingerprint density at radius 2 is 1.68 bits per heavy atom. The number of methoxy groups -OCH3 is 2. The Morgan fingerprint density at radius 3 is 2.35 bits per heavy atom. The molecule has 1 fully saturated rings. The maximum absolute atomic E-state index is 13.2. The number of aliphatic hydroxyl groups is 1. The van der Waals surface area contributed by atoms with E-state index < -0.39 is 17.7 Å². The minimum atomic E-state index is -1.55. The molecule has 34 heavy (non-hydrogen) atoms. The predicted molar refractivity (Wildman–Crippen MR) is 131 cm³/mol. The van der Waals surface area contributed by atoms with Crippen molar-refractivity contribution in [3.63, 3.8) is 0 Å². The van der Waals surface area contributed by atoms with E-state index in [1.807, 2.05) is 30.3 Å². The normalized spacial score (nSPS) is 39.2. The lowest BCUT2D eigenvalue weighted by Crippen LogP contribution is -2.52. The van der Waals surface area contributed by atoms with Crippen LogP contribution < -0.4 is 0 Å². The molecule has 8 atom stereocenters. The van der Waals surface area contributed by atoms with E-state index in [0.717, 1.165) is 31.2 Å². The van der Waals surface area contributed by atoms with Crippen LogP contribution in [0.25, 0.3) is 0 Å². The highest BCUT2D eigenvalue weighted by molar-refractivity contribution is 5.73. The van der Waals surface area contributed by atoms with Crippen molar-refractivity contribution >= 4 is 5.97 Å². The first-order chi connectivity index (χ1) is 16.3. The smallest absolute Gasteiger partial charge is 0.314 e. The van der Waals surface area contributed by atoms with Crippen molar-refractivity contribution in [1.82, 2.24) is 0 Å². The number of benzene rings is 1. The fourth-order valence-corrected chi connectivity index (χ4v) is 5.18. The molecule has 0 amide bonds. The van der Waals surface area contributed by atoms with Crippen molar-refractivity contribution in [3.8, 4) is 0 Å². The van der Waals surface area contributed by atoms with Gasteiger partial charge in [-0.1, -0.05) is 62.8 Å². The van der Waals surface area contributed by atoms with Crippen LogP contribution in [0.2, 0.25) is 0 Å². The topological polar surface area (TPSA) is 74.2 Å². The third-order valence-electron chi connectivity index (χ3n) is 7.59. The van der Waals surface area contributed by atoms with Crippen molar-refractivity contribution in [2.45, 2.75) is 89.5 Å². The molecule has 2 bridgehead atoms. The third kappa shape index (κ3) is 6.48. The molecule has 2 aliphatic rings. The highest BCUT2D eigenvalue weighted by atomic mass is 16.6. The second-order valence-electron chi connectivity index (χ2n) is 10.0. The van der Waals surface area contributed by atoms with Gasteiger partial charge >= 0.3 is 5.97 Å². The van der Waals surface area contributed by atoms with Crippen LogP contribution in [0.1, 0.15) is 71.0 Å². The first-order valence-corrected chi connectivity index (χ1v) is 12.7. The van der Waals surface area contributed by atoms with Gasteiger partial charge in [0.25, 0.3) is 0 Å². The lowest BCUT2D eigenvalue weighted by atomic mass is 9.81. The van der Waals surface area contributed by atoms with Gasteiger partial charge in [0.1, 0.15) is 18.1 Å². The average molecular weight is 475 g/mol. The van der Waals surface area contributed by atoms with Crippen LogP contribution >= 0.6 is 0 Å². The molecule has 0 spiro atoms. The fraction of sp³-hybridized carbons (Fsp3) is 0.679. The molecular formula is C28H42O6. The first kappa shape index (κ1) is 26.9. The maximum Gasteiger partial charge on any atom is 0.314 e. The average Bonchev–Trinajstić information content (AvgIpc) is 2.85. The van der Waals surface area contributed by atoms with Gasteiger partial charge in [0.2, 0.25) is 0 Å². The molecule has 1 saturated heterocycles. The summed E-state index contributed by atoms with van der Waals surface area (Å²) in [6.45, 7) is 5.92. The molecule has 0 aromatic heterocycles. The molecule has 0 saturated carbocycles. The lowest BCUT2D eigenvalue weighted by molar-refractivity contribution is -0.295. The number of esters is 1. The SMILES string of the molecule is CO[C@H]1CCCC[C@@H](c2ccccc2)OC(=O)[C@@H](C)[C@]2(O)CC[C@H](C)[C@@H](O2)[C@@H](C)/C=C/[C@H]1OC. The van der Waals surface area contributed by atoms with Crippen LogP contribution in [-0.2, 0) is 23.7 Å². The summed E-state index contributed by atoms with van der Waals surface area (Å²) in [7, 11) is 3.42. The summed E-state index contributed by atoms with van der Waals surface area (Å²) in [6, 6.07) is 9.82. The number of hydrogen-bond donors (Lipinski definition) is 1. The Hall–Kier alpha value is -1.73. The van der Waals surface area contributed by atoms with E-state index in [1.165, 1.54) is 0 Å². The van der Waals surface area contributed by atoms with E-state index in [4.69, 9.17) is 18.9 Å². The van der Waals surface area contributed by atoms with Crippen LogP contribution in [0, 0.1) is 17.8 Å². The second-order valence-corrected chi connectivity index (χ2v) is 10.0. The molecule has 190 valence electrons. The summed E-state index contributed by atoms with van der Waals surface area (Å²) in [5.74, 6) is -2.48. The minimum Gasteiger partial charge on any atom is -0.457 e. The minimum absolute atomic E-state index is 0.0326. The largest absolute Gasteiger partial charge is 0.457 e. The van der Waals surface area contributed by atoms with E-state index in [1.54, 1.807) is 21.1 Å². The molecule has 6 nitrogen and oxygen atoms in total. The van der Waals surface area contributed by atoms with Crippen molar-refractivity contribution in [3.05, 3.63) is 48.0 Å². The van der Waals surface area contributed by atoms with Gasteiger partial charge in [-0.3, -0.25) is 4.79 Å². The standard InChI is InChI=1S/C28H42O6/c1-19-15-16-25(32-5)24(31-4)14-10-9-13-23(22-11-7-6-8-12-22)33-27(29)21(3)28(30)18-17-20(2)26(19)34-28/h6-8,11-12,15-16,19-21,23-26,30H,9-10,13-14,17-18H2,1-5H3/b16-15+/t19-,20-,21+,23-,24-,25+,26-,28-/m0/s1.